The van der Waals surface area contributed by atoms with Crippen molar-refractivity contribution in [2.24, 2.45) is 5.92 Å². The molecule has 2 aliphatic rings. The van der Waals surface area contributed by atoms with Crippen LogP contribution < -0.4 is 5.32 Å². The van der Waals surface area contributed by atoms with E-state index in [4.69, 9.17) is 14.2 Å². The van der Waals surface area contributed by atoms with Gasteiger partial charge in [0, 0.05) is 25.7 Å². The summed E-state index contributed by atoms with van der Waals surface area (Å²) in [5.41, 5.74) is 0. The average Bonchev–Trinajstić information content (AvgIpc) is 3.01. The number of methoxy groups -OCH3 is 1. The van der Waals surface area contributed by atoms with Gasteiger partial charge in [0.1, 0.15) is 6.04 Å². The van der Waals surface area contributed by atoms with Crippen molar-refractivity contribution >= 4 is 5.97 Å². The number of nitrogens with one attached hydrogen (secondary N) is 1. The second kappa shape index (κ2) is 6.33. The Kier molecular flexibility index (Phi) is 4.76. The van der Waals surface area contributed by atoms with Crippen molar-refractivity contribution in [2.75, 3.05) is 33.5 Å². The predicted octanol–water partition coefficient (Wildman–Crippen LogP) is 0.333. The van der Waals surface area contributed by atoms with Gasteiger partial charge in [-0.1, -0.05) is 0 Å². The van der Waals surface area contributed by atoms with Crippen molar-refractivity contribution in [3.63, 3.8) is 0 Å². The van der Waals surface area contributed by atoms with Crippen LogP contribution in [-0.4, -0.2) is 51.6 Å². The molecule has 98 valence electrons. The van der Waals surface area contributed by atoms with Gasteiger partial charge in [-0.2, -0.15) is 0 Å². The molecule has 0 aromatic heterocycles. The van der Waals surface area contributed by atoms with Crippen molar-refractivity contribution in [1.82, 2.24) is 5.32 Å². The van der Waals surface area contributed by atoms with Gasteiger partial charge >= 0.3 is 5.97 Å². The summed E-state index contributed by atoms with van der Waals surface area (Å²) in [7, 11) is 1.43. The van der Waals surface area contributed by atoms with Crippen molar-refractivity contribution in [1.29, 1.82) is 0 Å². The Morgan fingerprint density at radius 3 is 2.94 bits per heavy atom. The van der Waals surface area contributed by atoms with E-state index in [-0.39, 0.29) is 24.0 Å². The lowest BCUT2D eigenvalue weighted by molar-refractivity contribution is -0.144. The predicted molar refractivity (Wildman–Crippen MR) is 61.7 cm³/mol. The Morgan fingerprint density at radius 2 is 2.35 bits per heavy atom. The Balaban J connectivity index is 1.83. The fourth-order valence-electron chi connectivity index (χ4n) is 2.45. The topological polar surface area (TPSA) is 56.8 Å². The van der Waals surface area contributed by atoms with Crippen LogP contribution in [-0.2, 0) is 19.0 Å². The van der Waals surface area contributed by atoms with Gasteiger partial charge in [-0.25, -0.2) is 0 Å². The molecule has 3 unspecified atom stereocenters. The molecule has 5 nitrogen and oxygen atoms in total. The van der Waals surface area contributed by atoms with E-state index in [1.165, 1.54) is 7.11 Å². The summed E-state index contributed by atoms with van der Waals surface area (Å²) in [6.45, 7) is 2.93. The molecular formula is C12H21NO4. The van der Waals surface area contributed by atoms with Crippen molar-refractivity contribution in [3.05, 3.63) is 0 Å². The highest BCUT2D eigenvalue weighted by atomic mass is 16.5. The van der Waals surface area contributed by atoms with Gasteiger partial charge in [-0.15, -0.1) is 0 Å². The molecule has 0 aromatic carbocycles. The van der Waals surface area contributed by atoms with Gasteiger partial charge in [0.05, 0.1) is 19.8 Å². The zero-order chi connectivity index (χ0) is 12.1. The molecule has 17 heavy (non-hydrogen) atoms. The first-order valence-corrected chi connectivity index (χ1v) is 6.32. The number of carbonyl (C=O) groups is 1. The minimum Gasteiger partial charge on any atom is -0.468 e. The van der Waals surface area contributed by atoms with Gasteiger partial charge in [-0.05, 0) is 19.3 Å². The number of hydrogen-bond acceptors (Lipinski definition) is 5. The highest BCUT2D eigenvalue weighted by Gasteiger charge is 2.32. The number of rotatable bonds is 5. The van der Waals surface area contributed by atoms with E-state index in [1.807, 2.05) is 0 Å². The first-order valence-electron chi connectivity index (χ1n) is 6.32. The highest BCUT2D eigenvalue weighted by molar-refractivity contribution is 5.76. The summed E-state index contributed by atoms with van der Waals surface area (Å²) in [5.74, 6) is 0.0300. The van der Waals surface area contributed by atoms with Crippen LogP contribution in [0.15, 0.2) is 0 Å². The van der Waals surface area contributed by atoms with Crippen LogP contribution in [0, 0.1) is 5.92 Å². The van der Waals surface area contributed by atoms with E-state index < -0.39 is 0 Å². The lowest BCUT2D eigenvalue weighted by Gasteiger charge is -2.22. The molecule has 5 heteroatoms. The largest absolute Gasteiger partial charge is 0.468 e. The molecule has 0 saturated carbocycles. The highest BCUT2D eigenvalue weighted by Crippen LogP contribution is 2.18. The third kappa shape index (κ3) is 3.40. The van der Waals surface area contributed by atoms with E-state index in [2.05, 4.69) is 5.32 Å². The summed E-state index contributed by atoms with van der Waals surface area (Å²) >= 11 is 0. The Hall–Kier alpha value is -0.650. The van der Waals surface area contributed by atoms with Crippen LogP contribution in [0.25, 0.3) is 0 Å². The minimum atomic E-state index is -0.258. The lowest BCUT2D eigenvalue weighted by Crippen LogP contribution is -2.46. The van der Waals surface area contributed by atoms with Crippen LogP contribution in [0.1, 0.15) is 19.3 Å². The van der Waals surface area contributed by atoms with E-state index in [0.717, 1.165) is 39.0 Å². The van der Waals surface area contributed by atoms with E-state index in [0.29, 0.717) is 6.61 Å². The van der Waals surface area contributed by atoms with Gasteiger partial charge in [-0.3, -0.25) is 4.79 Å². The molecule has 1 N–H and O–H groups in total. The quantitative estimate of drug-likeness (QED) is 0.705. The molecule has 2 fully saturated rings. The Labute approximate surface area is 102 Å². The number of esters is 1. The molecule has 0 radical (unpaired) electrons. The minimum absolute atomic E-state index is 0.196. The molecule has 2 aliphatic heterocycles. The fraction of sp³-hybridized carbons (Fsp3) is 0.917. The first-order chi connectivity index (χ1) is 8.31. The summed E-state index contributed by atoms with van der Waals surface area (Å²) in [6, 6.07) is -0.258. The Bertz CT molecular complexity index is 247. The van der Waals surface area contributed by atoms with E-state index >= 15 is 0 Å². The van der Waals surface area contributed by atoms with Crippen LogP contribution in [0.4, 0.5) is 0 Å². The smallest absolute Gasteiger partial charge is 0.323 e. The molecule has 0 aliphatic carbocycles. The summed E-state index contributed by atoms with van der Waals surface area (Å²) < 4.78 is 15.7. The van der Waals surface area contributed by atoms with Crippen molar-refractivity contribution in [3.8, 4) is 0 Å². The summed E-state index contributed by atoms with van der Waals surface area (Å²) in [5, 5.41) is 3.27. The van der Waals surface area contributed by atoms with Gasteiger partial charge < -0.3 is 19.5 Å². The van der Waals surface area contributed by atoms with Crippen LogP contribution in [0.2, 0.25) is 0 Å². The third-order valence-corrected chi connectivity index (χ3v) is 3.48. The van der Waals surface area contributed by atoms with E-state index in [1.54, 1.807) is 0 Å². The van der Waals surface area contributed by atoms with Crippen LogP contribution >= 0.6 is 0 Å². The van der Waals surface area contributed by atoms with Crippen molar-refractivity contribution in [2.45, 2.75) is 31.4 Å². The summed E-state index contributed by atoms with van der Waals surface area (Å²) in [6.07, 6.45) is 3.34. The average molecular weight is 243 g/mol. The van der Waals surface area contributed by atoms with Gasteiger partial charge in [0.15, 0.2) is 0 Å². The molecule has 0 spiro atoms. The SMILES string of the molecule is COC(=O)C(NCC1CCCO1)C1CCOC1. The van der Waals surface area contributed by atoms with Crippen molar-refractivity contribution < 1.29 is 19.0 Å². The lowest BCUT2D eigenvalue weighted by atomic mass is 9.99. The molecule has 2 rings (SSSR count). The molecule has 0 aromatic rings. The van der Waals surface area contributed by atoms with E-state index in [9.17, 15) is 4.79 Å². The zero-order valence-corrected chi connectivity index (χ0v) is 10.3. The molecular weight excluding hydrogens is 222 g/mol. The zero-order valence-electron chi connectivity index (χ0n) is 10.3. The number of ether oxygens (including phenoxy) is 3. The Morgan fingerprint density at radius 1 is 1.47 bits per heavy atom. The second-order valence-electron chi connectivity index (χ2n) is 4.67. The monoisotopic (exact) mass is 243 g/mol. The third-order valence-electron chi connectivity index (χ3n) is 3.48. The normalized spacial score (nSPS) is 30.4. The molecule has 3 atom stereocenters. The first kappa shape index (κ1) is 12.8. The van der Waals surface area contributed by atoms with Gasteiger partial charge in [0.25, 0.3) is 0 Å². The van der Waals surface area contributed by atoms with Crippen LogP contribution in [0.3, 0.4) is 0 Å². The molecule has 2 heterocycles. The molecule has 0 bridgehead atoms. The molecule has 2 saturated heterocycles. The summed E-state index contributed by atoms with van der Waals surface area (Å²) in [4.78, 5) is 11.7. The maximum absolute atomic E-state index is 11.7. The number of hydrogen-bond donors (Lipinski definition) is 1. The standard InChI is InChI=1S/C12H21NO4/c1-15-12(14)11(9-4-6-16-8-9)13-7-10-3-2-5-17-10/h9-11,13H,2-8H2,1H3. The number of carbonyl (C=O) groups excluding carboxylic acids is 1. The maximum atomic E-state index is 11.7. The van der Waals surface area contributed by atoms with Gasteiger partial charge in [0.2, 0.25) is 0 Å². The fourth-order valence-corrected chi connectivity index (χ4v) is 2.45. The van der Waals surface area contributed by atoms with Crippen LogP contribution in [0.5, 0.6) is 0 Å². The molecule has 0 amide bonds. The maximum Gasteiger partial charge on any atom is 0.323 e. The second-order valence-corrected chi connectivity index (χ2v) is 4.67.